The summed E-state index contributed by atoms with van der Waals surface area (Å²) in [5.41, 5.74) is 6.64. The van der Waals surface area contributed by atoms with Gasteiger partial charge in [-0.3, -0.25) is 4.79 Å². The molecule has 0 fully saturated rings. The highest BCUT2D eigenvalue weighted by Gasteiger charge is 2.18. The van der Waals surface area contributed by atoms with Gasteiger partial charge in [0, 0.05) is 6.54 Å². The van der Waals surface area contributed by atoms with Crippen molar-refractivity contribution in [1.29, 1.82) is 0 Å². The predicted molar refractivity (Wildman–Crippen MR) is 62.7 cm³/mol. The van der Waals surface area contributed by atoms with Crippen LogP contribution < -0.4 is 11.1 Å². The molecular formula is C11H15N3O3. The highest BCUT2D eigenvalue weighted by atomic mass is 16.5. The van der Waals surface area contributed by atoms with Gasteiger partial charge in [0.25, 0.3) is 5.91 Å². The predicted octanol–water partition coefficient (Wildman–Crippen LogP) is 0.509. The number of aromatic nitrogens is 1. The van der Waals surface area contributed by atoms with Crippen LogP contribution >= 0.6 is 0 Å². The van der Waals surface area contributed by atoms with Crippen LogP contribution in [0.4, 0.5) is 5.69 Å². The molecule has 92 valence electrons. The Hall–Kier alpha value is -2.11. The number of rotatable bonds is 3. The number of pyridine rings is 1. The van der Waals surface area contributed by atoms with E-state index in [1.807, 2.05) is 0 Å². The normalized spacial score (nSPS) is 9.82. The van der Waals surface area contributed by atoms with Crippen LogP contribution in [0.25, 0.3) is 0 Å². The Kier molecular flexibility index (Phi) is 4.03. The van der Waals surface area contributed by atoms with Gasteiger partial charge in [-0.2, -0.15) is 0 Å². The lowest BCUT2D eigenvalue weighted by Crippen LogP contribution is -2.26. The van der Waals surface area contributed by atoms with Crippen molar-refractivity contribution in [2.24, 2.45) is 0 Å². The number of carbonyl (C=O) groups is 2. The van der Waals surface area contributed by atoms with Crippen LogP contribution in [0.15, 0.2) is 6.07 Å². The SMILES string of the molecule is CCNC(=O)c1nc(C(=O)OC)c(C)cc1N. The number of nitrogen functional groups attached to an aromatic ring is 1. The van der Waals surface area contributed by atoms with Gasteiger partial charge in [0.05, 0.1) is 12.8 Å². The van der Waals surface area contributed by atoms with Gasteiger partial charge in [0.2, 0.25) is 0 Å². The summed E-state index contributed by atoms with van der Waals surface area (Å²) in [5.74, 6) is -0.997. The summed E-state index contributed by atoms with van der Waals surface area (Å²) in [6.45, 7) is 3.92. The van der Waals surface area contributed by atoms with E-state index < -0.39 is 11.9 Å². The maximum Gasteiger partial charge on any atom is 0.356 e. The molecule has 17 heavy (non-hydrogen) atoms. The van der Waals surface area contributed by atoms with Gasteiger partial charge >= 0.3 is 5.97 Å². The zero-order chi connectivity index (χ0) is 13.0. The van der Waals surface area contributed by atoms with Crippen LogP contribution in [-0.2, 0) is 4.74 Å². The van der Waals surface area contributed by atoms with E-state index in [1.165, 1.54) is 13.2 Å². The van der Waals surface area contributed by atoms with E-state index in [0.717, 1.165) is 0 Å². The molecule has 0 aliphatic carbocycles. The van der Waals surface area contributed by atoms with Crippen LogP contribution in [0.1, 0.15) is 33.5 Å². The smallest absolute Gasteiger partial charge is 0.356 e. The third kappa shape index (κ3) is 2.72. The molecule has 1 amide bonds. The number of nitrogens with zero attached hydrogens (tertiary/aromatic N) is 1. The number of nitrogens with two attached hydrogens (primary N) is 1. The first-order chi connectivity index (χ1) is 8.01. The number of carbonyl (C=O) groups excluding carboxylic acids is 2. The van der Waals surface area contributed by atoms with Crippen molar-refractivity contribution >= 4 is 17.6 Å². The molecule has 0 spiro atoms. The molecule has 0 radical (unpaired) electrons. The Morgan fingerprint density at radius 2 is 2.12 bits per heavy atom. The molecule has 1 heterocycles. The molecule has 3 N–H and O–H groups in total. The standard InChI is InChI=1S/C11H15N3O3/c1-4-13-10(15)9-7(12)5-6(2)8(14-9)11(16)17-3/h5H,4,12H2,1-3H3,(H,13,15). The van der Waals surface area contributed by atoms with Gasteiger partial charge in [0.15, 0.2) is 11.4 Å². The Morgan fingerprint density at radius 1 is 1.47 bits per heavy atom. The third-order valence-corrected chi connectivity index (χ3v) is 2.17. The maximum atomic E-state index is 11.6. The number of amides is 1. The fourth-order valence-electron chi connectivity index (χ4n) is 1.36. The number of aryl methyl sites for hydroxylation is 1. The van der Waals surface area contributed by atoms with Crippen LogP contribution in [0.2, 0.25) is 0 Å². The summed E-state index contributed by atoms with van der Waals surface area (Å²) in [6.07, 6.45) is 0. The average molecular weight is 237 g/mol. The van der Waals surface area contributed by atoms with E-state index in [2.05, 4.69) is 15.0 Å². The van der Waals surface area contributed by atoms with Crippen LogP contribution in [0.3, 0.4) is 0 Å². The van der Waals surface area contributed by atoms with Gasteiger partial charge in [-0.1, -0.05) is 0 Å². The van der Waals surface area contributed by atoms with Gasteiger partial charge in [0.1, 0.15) is 0 Å². The zero-order valence-corrected chi connectivity index (χ0v) is 10.0. The van der Waals surface area contributed by atoms with Crippen molar-refractivity contribution in [3.63, 3.8) is 0 Å². The van der Waals surface area contributed by atoms with Gasteiger partial charge in [-0.25, -0.2) is 9.78 Å². The molecule has 0 bridgehead atoms. The monoisotopic (exact) mass is 237 g/mol. The Labute approximate surface area is 99.2 Å². The second-order valence-electron chi connectivity index (χ2n) is 3.44. The van der Waals surface area contributed by atoms with Crippen molar-refractivity contribution < 1.29 is 14.3 Å². The fourth-order valence-corrected chi connectivity index (χ4v) is 1.36. The number of anilines is 1. The molecule has 0 aromatic carbocycles. The van der Waals surface area contributed by atoms with E-state index in [0.29, 0.717) is 12.1 Å². The summed E-state index contributed by atoms with van der Waals surface area (Å²) in [4.78, 5) is 27.0. The summed E-state index contributed by atoms with van der Waals surface area (Å²) in [7, 11) is 1.26. The topological polar surface area (TPSA) is 94.3 Å². The molecular weight excluding hydrogens is 222 g/mol. The van der Waals surface area contributed by atoms with Crippen molar-refractivity contribution in [1.82, 2.24) is 10.3 Å². The maximum absolute atomic E-state index is 11.6. The van der Waals surface area contributed by atoms with E-state index in [1.54, 1.807) is 13.8 Å². The summed E-state index contributed by atoms with van der Waals surface area (Å²) >= 11 is 0. The number of esters is 1. The second-order valence-corrected chi connectivity index (χ2v) is 3.44. The number of nitrogens with one attached hydrogen (secondary N) is 1. The minimum absolute atomic E-state index is 0.0397. The lowest BCUT2D eigenvalue weighted by molar-refractivity contribution is 0.0593. The molecule has 6 nitrogen and oxygen atoms in total. The Morgan fingerprint density at radius 3 is 2.65 bits per heavy atom. The first-order valence-corrected chi connectivity index (χ1v) is 5.14. The zero-order valence-electron chi connectivity index (χ0n) is 10.0. The molecule has 0 atom stereocenters. The molecule has 1 aromatic rings. The van der Waals surface area contributed by atoms with Gasteiger partial charge < -0.3 is 15.8 Å². The first-order valence-electron chi connectivity index (χ1n) is 5.14. The highest BCUT2D eigenvalue weighted by molar-refractivity contribution is 5.99. The average Bonchev–Trinajstić information content (AvgIpc) is 2.28. The molecule has 0 saturated heterocycles. The van der Waals surface area contributed by atoms with Gasteiger partial charge in [-0.05, 0) is 25.5 Å². The molecule has 0 unspecified atom stereocenters. The Balaban J connectivity index is 3.23. The van der Waals surface area contributed by atoms with Crippen molar-refractivity contribution in [2.75, 3.05) is 19.4 Å². The number of methoxy groups -OCH3 is 1. The molecule has 0 aliphatic rings. The number of ether oxygens (including phenoxy) is 1. The molecule has 6 heteroatoms. The number of hydrogen-bond donors (Lipinski definition) is 2. The summed E-state index contributed by atoms with van der Waals surface area (Å²) in [5, 5.41) is 2.57. The van der Waals surface area contributed by atoms with Crippen LogP contribution in [0.5, 0.6) is 0 Å². The molecule has 0 aliphatic heterocycles. The van der Waals surface area contributed by atoms with Crippen LogP contribution in [-0.4, -0.2) is 30.5 Å². The van der Waals surface area contributed by atoms with Gasteiger partial charge in [-0.15, -0.1) is 0 Å². The van der Waals surface area contributed by atoms with Crippen molar-refractivity contribution in [3.05, 3.63) is 23.0 Å². The molecule has 0 saturated carbocycles. The van der Waals surface area contributed by atoms with Crippen LogP contribution in [0, 0.1) is 6.92 Å². The van der Waals surface area contributed by atoms with E-state index in [9.17, 15) is 9.59 Å². The lowest BCUT2D eigenvalue weighted by Gasteiger charge is -2.09. The first kappa shape index (κ1) is 13.0. The summed E-state index contributed by atoms with van der Waals surface area (Å²) in [6, 6.07) is 1.53. The minimum Gasteiger partial charge on any atom is -0.464 e. The lowest BCUT2D eigenvalue weighted by atomic mass is 10.1. The fraction of sp³-hybridized carbons (Fsp3) is 0.364. The quantitative estimate of drug-likeness (QED) is 0.747. The third-order valence-electron chi connectivity index (χ3n) is 2.17. The van der Waals surface area contributed by atoms with E-state index in [4.69, 9.17) is 5.73 Å². The number of hydrogen-bond acceptors (Lipinski definition) is 5. The Bertz CT molecular complexity index is 458. The van der Waals surface area contributed by atoms with E-state index in [-0.39, 0.29) is 17.1 Å². The highest BCUT2D eigenvalue weighted by Crippen LogP contribution is 2.15. The van der Waals surface area contributed by atoms with Crippen molar-refractivity contribution in [3.8, 4) is 0 Å². The second kappa shape index (κ2) is 5.29. The summed E-state index contributed by atoms with van der Waals surface area (Å²) < 4.78 is 4.58. The molecule has 1 rings (SSSR count). The molecule has 1 aromatic heterocycles. The van der Waals surface area contributed by atoms with E-state index >= 15 is 0 Å². The minimum atomic E-state index is -0.590. The largest absolute Gasteiger partial charge is 0.464 e. The van der Waals surface area contributed by atoms with Crippen molar-refractivity contribution in [2.45, 2.75) is 13.8 Å².